The minimum Gasteiger partial charge on any atom is -0.375 e. The molecule has 2 unspecified atom stereocenters. The van der Waals surface area contributed by atoms with Crippen molar-refractivity contribution in [1.29, 1.82) is 0 Å². The van der Waals surface area contributed by atoms with Gasteiger partial charge in [0.15, 0.2) is 0 Å². The summed E-state index contributed by atoms with van der Waals surface area (Å²) < 4.78 is 4.66. The first-order valence-electron chi connectivity index (χ1n) is 3.52. The second kappa shape index (κ2) is 3.01. The highest BCUT2D eigenvalue weighted by molar-refractivity contribution is 5.77. The molecule has 0 aromatic carbocycles. The van der Waals surface area contributed by atoms with E-state index in [1.165, 1.54) is 7.11 Å². The molecule has 1 fully saturated rings. The maximum Gasteiger partial charge on any atom is 0.246 e. The van der Waals surface area contributed by atoms with Crippen molar-refractivity contribution in [3.63, 3.8) is 0 Å². The van der Waals surface area contributed by atoms with E-state index in [-0.39, 0.29) is 12.5 Å². The van der Waals surface area contributed by atoms with Gasteiger partial charge >= 0.3 is 0 Å². The van der Waals surface area contributed by atoms with E-state index in [1.54, 1.807) is 0 Å². The molecule has 0 aromatic rings. The molecule has 0 bridgehead atoms. The summed E-state index contributed by atoms with van der Waals surface area (Å²) in [5.74, 6) is 0.664. The molecule has 3 heteroatoms. The number of carbonyl (C=O) groups excluding carboxylic acids is 1. The van der Waals surface area contributed by atoms with Crippen molar-refractivity contribution in [1.82, 2.24) is 5.32 Å². The van der Waals surface area contributed by atoms with Crippen LogP contribution in [0.1, 0.15) is 13.3 Å². The van der Waals surface area contributed by atoms with Gasteiger partial charge < -0.3 is 10.1 Å². The number of rotatable bonds is 3. The summed E-state index contributed by atoms with van der Waals surface area (Å²) in [6.45, 7) is 2.31. The number of carbonyl (C=O) groups is 1. The average Bonchev–Trinajstić information content (AvgIpc) is 2.47. The number of nitrogens with one attached hydrogen (secondary N) is 1. The van der Waals surface area contributed by atoms with E-state index in [2.05, 4.69) is 17.0 Å². The maximum absolute atomic E-state index is 10.8. The molecule has 0 heterocycles. The standard InChI is InChI=1S/C7H13NO2/c1-5-3-6(5)8-7(9)4-10-2/h5-6H,3-4H2,1-2H3,(H,8,9). The van der Waals surface area contributed by atoms with E-state index in [0.717, 1.165) is 6.42 Å². The Morgan fingerprint density at radius 1 is 1.80 bits per heavy atom. The summed E-state index contributed by atoms with van der Waals surface area (Å²) >= 11 is 0. The van der Waals surface area contributed by atoms with Crippen molar-refractivity contribution in [2.45, 2.75) is 19.4 Å². The van der Waals surface area contributed by atoms with E-state index >= 15 is 0 Å². The van der Waals surface area contributed by atoms with E-state index in [4.69, 9.17) is 0 Å². The third-order valence-corrected chi connectivity index (χ3v) is 1.73. The highest BCUT2D eigenvalue weighted by Gasteiger charge is 2.33. The van der Waals surface area contributed by atoms with Crippen molar-refractivity contribution in [3.8, 4) is 0 Å². The molecule has 2 atom stereocenters. The topological polar surface area (TPSA) is 38.3 Å². The average molecular weight is 143 g/mol. The Hall–Kier alpha value is -0.570. The van der Waals surface area contributed by atoms with Crippen molar-refractivity contribution in [2.75, 3.05) is 13.7 Å². The van der Waals surface area contributed by atoms with Crippen LogP contribution in [0.3, 0.4) is 0 Å². The molecule has 1 amide bonds. The number of hydrogen-bond donors (Lipinski definition) is 1. The summed E-state index contributed by atoms with van der Waals surface area (Å²) in [6, 6.07) is 0.419. The number of amides is 1. The van der Waals surface area contributed by atoms with Gasteiger partial charge in [0.25, 0.3) is 0 Å². The van der Waals surface area contributed by atoms with Gasteiger partial charge in [0.1, 0.15) is 6.61 Å². The van der Waals surface area contributed by atoms with Gasteiger partial charge in [-0.2, -0.15) is 0 Å². The fraction of sp³-hybridized carbons (Fsp3) is 0.857. The van der Waals surface area contributed by atoms with Crippen molar-refractivity contribution in [2.24, 2.45) is 5.92 Å². The molecule has 10 heavy (non-hydrogen) atoms. The summed E-state index contributed by atoms with van der Waals surface area (Å²) in [5, 5.41) is 2.84. The van der Waals surface area contributed by atoms with Gasteiger partial charge in [0, 0.05) is 13.2 Å². The van der Waals surface area contributed by atoms with Gasteiger partial charge in [-0.1, -0.05) is 6.92 Å². The van der Waals surface area contributed by atoms with Crippen LogP contribution in [0.5, 0.6) is 0 Å². The first kappa shape index (κ1) is 7.54. The van der Waals surface area contributed by atoms with Crippen molar-refractivity contribution >= 4 is 5.91 Å². The fourth-order valence-corrected chi connectivity index (χ4v) is 0.903. The molecule has 0 radical (unpaired) electrons. The summed E-state index contributed by atoms with van der Waals surface area (Å²) in [5.41, 5.74) is 0. The van der Waals surface area contributed by atoms with Crippen LogP contribution in [-0.2, 0) is 9.53 Å². The molecule has 58 valence electrons. The molecule has 1 saturated carbocycles. The molecule has 0 saturated heterocycles. The Morgan fingerprint density at radius 2 is 2.40 bits per heavy atom. The normalized spacial score (nSPS) is 29.8. The molecule has 1 aliphatic rings. The van der Waals surface area contributed by atoms with Crippen LogP contribution in [0.4, 0.5) is 0 Å². The van der Waals surface area contributed by atoms with Crippen LogP contribution in [0, 0.1) is 5.92 Å². The Balaban J connectivity index is 2.07. The van der Waals surface area contributed by atoms with E-state index < -0.39 is 0 Å². The molecular formula is C7H13NO2. The van der Waals surface area contributed by atoms with E-state index in [1.807, 2.05) is 0 Å². The summed E-state index contributed by atoms with van der Waals surface area (Å²) in [6.07, 6.45) is 1.12. The zero-order valence-electron chi connectivity index (χ0n) is 6.39. The van der Waals surface area contributed by atoms with Crippen LogP contribution in [0.15, 0.2) is 0 Å². The zero-order valence-corrected chi connectivity index (χ0v) is 6.39. The third kappa shape index (κ3) is 1.99. The predicted octanol–water partition coefficient (Wildman–Crippen LogP) is 0.157. The lowest BCUT2D eigenvalue weighted by molar-refractivity contribution is -0.124. The van der Waals surface area contributed by atoms with Gasteiger partial charge in [-0.05, 0) is 12.3 Å². The predicted molar refractivity (Wildman–Crippen MR) is 37.6 cm³/mol. The van der Waals surface area contributed by atoms with Crippen molar-refractivity contribution < 1.29 is 9.53 Å². The minimum atomic E-state index is -0.00292. The number of ether oxygens (including phenoxy) is 1. The van der Waals surface area contributed by atoms with Crippen molar-refractivity contribution in [3.05, 3.63) is 0 Å². The van der Waals surface area contributed by atoms with Crippen LogP contribution in [0.25, 0.3) is 0 Å². The lowest BCUT2D eigenvalue weighted by Crippen LogP contribution is -2.29. The van der Waals surface area contributed by atoms with Gasteiger partial charge in [0.05, 0.1) is 0 Å². The van der Waals surface area contributed by atoms with E-state index in [0.29, 0.717) is 12.0 Å². The monoisotopic (exact) mass is 143 g/mol. The molecule has 1 aliphatic carbocycles. The van der Waals surface area contributed by atoms with Gasteiger partial charge in [-0.3, -0.25) is 4.79 Å². The SMILES string of the molecule is COCC(=O)NC1CC1C. The molecule has 3 nitrogen and oxygen atoms in total. The Morgan fingerprint density at radius 3 is 2.80 bits per heavy atom. The highest BCUT2D eigenvalue weighted by atomic mass is 16.5. The second-order valence-corrected chi connectivity index (χ2v) is 2.82. The molecule has 0 spiro atoms. The molecule has 1 rings (SSSR count). The summed E-state index contributed by atoms with van der Waals surface area (Å²) in [4.78, 5) is 10.8. The maximum atomic E-state index is 10.8. The summed E-state index contributed by atoms with van der Waals surface area (Å²) in [7, 11) is 1.52. The Labute approximate surface area is 60.7 Å². The van der Waals surface area contributed by atoms with Gasteiger partial charge in [0.2, 0.25) is 5.91 Å². The van der Waals surface area contributed by atoms with Crippen LogP contribution in [0.2, 0.25) is 0 Å². The number of hydrogen-bond acceptors (Lipinski definition) is 2. The third-order valence-electron chi connectivity index (χ3n) is 1.73. The molecular weight excluding hydrogens is 130 g/mol. The minimum absolute atomic E-state index is 0.00292. The largest absolute Gasteiger partial charge is 0.375 e. The first-order chi connectivity index (χ1) is 4.74. The first-order valence-corrected chi connectivity index (χ1v) is 3.52. The van der Waals surface area contributed by atoms with Crippen LogP contribution < -0.4 is 5.32 Å². The van der Waals surface area contributed by atoms with Crippen LogP contribution in [-0.4, -0.2) is 25.7 Å². The lowest BCUT2D eigenvalue weighted by atomic mass is 10.5. The smallest absolute Gasteiger partial charge is 0.246 e. The molecule has 1 N–H and O–H groups in total. The fourth-order valence-electron chi connectivity index (χ4n) is 0.903. The van der Waals surface area contributed by atoms with E-state index in [9.17, 15) is 4.79 Å². The Bertz CT molecular complexity index is 136. The highest BCUT2D eigenvalue weighted by Crippen LogP contribution is 2.28. The lowest BCUT2D eigenvalue weighted by Gasteiger charge is -2.00. The van der Waals surface area contributed by atoms with Gasteiger partial charge in [-0.15, -0.1) is 0 Å². The Kier molecular flexibility index (Phi) is 2.27. The quantitative estimate of drug-likeness (QED) is 0.611. The zero-order chi connectivity index (χ0) is 7.56. The van der Waals surface area contributed by atoms with Gasteiger partial charge in [-0.25, -0.2) is 0 Å². The number of methoxy groups -OCH3 is 1. The second-order valence-electron chi connectivity index (χ2n) is 2.82. The molecule has 0 aliphatic heterocycles. The van der Waals surface area contributed by atoms with Crippen LogP contribution >= 0.6 is 0 Å². The molecule has 0 aromatic heterocycles.